The second-order valence-electron chi connectivity index (χ2n) is 7.68. The lowest BCUT2D eigenvalue weighted by Gasteiger charge is -2.13. The van der Waals surface area contributed by atoms with Crippen molar-refractivity contribution in [3.63, 3.8) is 0 Å². The van der Waals surface area contributed by atoms with E-state index in [0.29, 0.717) is 43.1 Å². The molecule has 34 heavy (non-hydrogen) atoms. The van der Waals surface area contributed by atoms with Crippen LogP contribution in [0.2, 0.25) is 0 Å². The number of carbonyl (C=O) groups excluding carboxylic acids is 2. The van der Waals surface area contributed by atoms with Crippen LogP contribution in [0, 0.1) is 0 Å². The first-order chi connectivity index (χ1) is 16.5. The number of nitrogens with one attached hydrogen (secondary N) is 2. The van der Waals surface area contributed by atoms with Gasteiger partial charge in [0.05, 0.1) is 13.2 Å². The van der Waals surface area contributed by atoms with E-state index in [1.807, 2.05) is 44.2 Å². The number of ether oxygens (including phenoxy) is 2. The molecule has 3 rings (SSSR count). The molecule has 2 amide bonds. The minimum Gasteiger partial charge on any atom is -0.490 e. The van der Waals surface area contributed by atoms with Crippen LogP contribution in [0.4, 0.5) is 0 Å². The third kappa shape index (κ3) is 6.84. The monoisotopic (exact) mass is 465 g/mol. The molecule has 0 radical (unpaired) electrons. The fraction of sp³-hybridized carbons (Fsp3) is 0.346. The van der Waals surface area contributed by atoms with Gasteiger partial charge < -0.3 is 24.7 Å². The highest BCUT2D eigenvalue weighted by molar-refractivity contribution is 5.82. The van der Waals surface area contributed by atoms with Gasteiger partial charge in [-0.2, -0.15) is 0 Å². The van der Waals surface area contributed by atoms with Crippen LogP contribution in [-0.2, 0) is 22.6 Å². The quantitative estimate of drug-likeness (QED) is 0.429. The molecule has 0 spiro atoms. The Morgan fingerprint density at radius 3 is 2.41 bits per heavy atom. The zero-order chi connectivity index (χ0) is 24.3. The zero-order valence-electron chi connectivity index (χ0n) is 19.6. The maximum atomic E-state index is 12.5. The van der Waals surface area contributed by atoms with Crippen LogP contribution in [0.25, 0.3) is 10.8 Å². The molecule has 180 valence electrons. The number of aromatic nitrogens is 1. The van der Waals surface area contributed by atoms with Gasteiger partial charge in [-0.1, -0.05) is 24.3 Å². The number of pyridine rings is 1. The maximum absolute atomic E-state index is 12.5. The Bertz CT molecular complexity index is 1190. The van der Waals surface area contributed by atoms with Crippen LogP contribution in [0.1, 0.15) is 25.8 Å². The van der Waals surface area contributed by atoms with E-state index in [0.717, 1.165) is 10.9 Å². The molecular weight excluding hydrogens is 434 g/mol. The number of amides is 2. The molecule has 0 saturated heterocycles. The summed E-state index contributed by atoms with van der Waals surface area (Å²) in [4.78, 5) is 36.8. The molecule has 2 N–H and O–H groups in total. The summed E-state index contributed by atoms with van der Waals surface area (Å²) >= 11 is 0. The van der Waals surface area contributed by atoms with E-state index in [2.05, 4.69) is 10.6 Å². The summed E-state index contributed by atoms with van der Waals surface area (Å²) in [5.74, 6) is 0.933. The summed E-state index contributed by atoms with van der Waals surface area (Å²) in [6.07, 6.45) is 2.41. The first-order valence-corrected chi connectivity index (χ1v) is 11.5. The van der Waals surface area contributed by atoms with Crippen LogP contribution in [-0.4, -0.2) is 42.7 Å². The number of fused-ring (bicyclic) bond motifs is 1. The second-order valence-corrected chi connectivity index (χ2v) is 7.68. The van der Waals surface area contributed by atoms with E-state index < -0.39 is 0 Å². The van der Waals surface area contributed by atoms with Crippen LogP contribution >= 0.6 is 0 Å². The molecule has 1 heterocycles. The molecule has 3 aromatic rings. The Hall–Kier alpha value is -3.81. The van der Waals surface area contributed by atoms with Crippen molar-refractivity contribution in [3.05, 3.63) is 70.6 Å². The van der Waals surface area contributed by atoms with E-state index in [1.165, 1.54) is 4.57 Å². The molecule has 0 saturated carbocycles. The molecule has 0 aliphatic heterocycles. The predicted octanol–water partition coefficient (Wildman–Crippen LogP) is 2.66. The molecule has 0 bridgehead atoms. The summed E-state index contributed by atoms with van der Waals surface area (Å²) in [7, 11) is 0. The Labute approximate surface area is 198 Å². The first-order valence-electron chi connectivity index (χ1n) is 11.5. The van der Waals surface area contributed by atoms with Gasteiger partial charge in [-0.15, -0.1) is 0 Å². The third-order valence-corrected chi connectivity index (χ3v) is 5.22. The van der Waals surface area contributed by atoms with Crippen molar-refractivity contribution < 1.29 is 19.1 Å². The average Bonchev–Trinajstić information content (AvgIpc) is 2.83. The second kappa shape index (κ2) is 12.4. The molecule has 0 fully saturated rings. The van der Waals surface area contributed by atoms with Gasteiger partial charge in [0, 0.05) is 31.1 Å². The Morgan fingerprint density at radius 1 is 0.882 bits per heavy atom. The lowest BCUT2D eigenvalue weighted by molar-refractivity contribution is -0.122. The number of hydrogen-bond donors (Lipinski definition) is 2. The first kappa shape index (κ1) is 24.8. The highest BCUT2D eigenvalue weighted by atomic mass is 16.5. The van der Waals surface area contributed by atoms with E-state index in [4.69, 9.17) is 9.47 Å². The molecule has 0 atom stereocenters. The van der Waals surface area contributed by atoms with Crippen molar-refractivity contribution in [2.45, 2.75) is 33.2 Å². The smallest absolute Gasteiger partial charge is 0.258 e. The Kier molecular flexibility index (Phi) is 9.08. The molecule has 0 aliphatic carbocycles. The van der Waals surface area contributed by atoms with Gasteiger partial charge in [-0.05, 0) is 55.5 Å². The molecule has 1 aromatic heterocycles. The minimum absolute atomic E-state index is 0.0921. The molecule has 8 nitrogen and oxygen atoms in total. The summed E-state index contributed by atoms with van der Waals surface area (Å²) in [6, 6.07) is 14.8. The highest BCUT2D eigenvalue weighted by Crippen LogP contribution is 2.28. The van der Waals surface area contributed by atoms with Crippen LogP contribution in [0.5, 0.6) is 11.5 Å². The van der Waals surface area contributed by atoms with Crippen molar-refractivity contribution in [2.24, 2.45) is 0 Å². The van der Waals surface area contributed by atoms with E-state index in [-0.39, 0.29) is 36.9 Å². The van der Waals surface area contributed by atoms with Crippen molar-refractivity contribution in [1.82, 2.24) is 15.2 Å². The van der Waals surface area contributed by atoms with Crippen LogP contribution < -0.4 is 25.7 Å². The SMILES string of the molecule is CCOc1ccc(CCNC(=O)CCNC(=O)Cn2ccc3ccccc3c2=O)cc1OCC. The molecule has 2 aromatic carbocycles. The molecule has 0 aliphatic rings. The van der Waals surface area contributed by atoms with Gasteiger partial charge in [0.25, 0.3) is 5.56 Å². The van der Waals surface area contributed by atoms with Gasteiger partial charge >= 0.3 is 0 Å². The van der Waals surface area contributed by atoms with E-state index in [9.17, 15) is 14.4 Å². The fourth-order valence-corrected chi connectivity index (χ4v) is 3.57. The van der Waals surface area contributed by atoms with Gasteiger partial charge in [0.15, 0.2) is 11.5 Å². The molecular formula is C26H31N3O5. The highest BCUT2D eigenvalue weighted by Gasteiger charge is 2.09. The lowest BCUT2D eigenvalue weighted by Crippen LogP contribution is -2.35. The summed E-state index contributed by atoms with van der Waals surface area (Å²) < 4.78 is 12.6. The van der Waals surface area contributed by atoms with Crippen molar-refractivity contribution in [2.75, 3.05) is 26.3 Å². The summed E-state index contributed by atoms with van der Waals surface area (Å²) in [6.45, 7) is 5.52. The van der Waals surface area contributed by atoms with Crippen molar-refractivity contribution in [3.8, 4) is 11.5 Å². The van der Waals surface area contributed by atoms with E-state index >= 15 is 0 Å². The van der Waals surface area contributed by atoms with Crippen molar-refractivity contribution >= 4 is 22.6 Å². The number of benzene rings is 2. The number of nitrogens with zero attached hydrogens (tertiary/aromatic N) is 1. The largest absolute Gasteiger partial charge is 0.490 e. The standard InChI is InChI=1S/C26H31N3O5/c1-3-33-22-10-9-19(17-23(22)34-4-2)11-14-27-24(30)12-15-28-25(31)18-29-16-13-20-7-5-6-8-21(20)26(29)32/h5-10,13,16-17H,3-4,11-12,14-15,18H2,1-2H3,(H,27,30)(H,28,31). The normalized spacial score (nSPS) is 10.6. The van der Waals surface area contributed by atoms with E-state index in [1.54, 1.807) is 24.4 Å². The Balaban J connectivity index is 1.40. The molecule has 8 heteroatoms. The summed E-state index contributed by atoms with van der Waals surface area (Å²) in [5.41, 5.74) is 0.814. The average molecular weight is 466 g/mol. The van der Waals surface area contributed by atoms with Gasteiger partial charge in [-0.3, -0.25) is 14.4 Å². The van der Waals surface area contributed by atoms with Gasteiger partial charge in [0.2, 0.25) is 11.8 Å². The van der Waals surface area contributed by atoms with Crippen molar-refractivity contribution in [1.29, 1.82) is 0 Å². The zero-order valence-corrected chi connectivity index (χ0v) is 19.6. The van der Waals surface area contributed by atoms with Gasteiger partial charge in [-0.25, -0.2) is 0 Å². The topological polar surface area (TPSA) is 98.7 Å². The summed E-state index contributed by atoms with van der Waals surface area (Å²) in [5, 5.41) is 6.95. The van der Waals surface area contributed by atoms with Crippen LogP contribution in [0.3, 0.4) is 0 Å². The number of rotatable bonds is 12. The predicted molar refractivity (Wildman–Crippen MR) is 131 cm³/mol. The lowest BCUT2D eigenvalue weighted by atomic mass is 10.1. The third-order valence-electron chi connectivity index (χ3n) is 5.22. The molecule has 0 unspecified atom stereocenters. The van der Waals surface area contributed by atoms with Crippen LogP contribution in [0.15, 0.2) is 59.5 Å². The Morgan fingerprint density at radius 2 is 1.62 bits per heavy atom. The number of hydrogen-bond acceptors (Lipinski definition) is 5. The fourth-order valence-electron chi connectivity index (χ4n) is 3.57. The van der Waals surface area contributed by atoms with Gasteiger partial charge in [0.1, 0.15) is 6.54 Å². The minimum atomic E-state index is -0.317. The number of carbonyl (C=O) groups is 2. The maximum Gasteiger partial charge on any atom is 0.258 e.